The minimum atomic E-state index is -0.513. The number of para-hydroxylation sites is 1. The number of primary amides is 1. The molecule has 20 heavy (non-hydrogen) atoms. The molecule has 0 saturated heterocycles. The lowest BCUT2D eigenvalue weighted by Crippen LogP contribution is -2.15. The fourth-order valence-corrected chi connectivity index (χ4v) is 3.32. The summed E-state index contributed by atoms with van der Waals surface area (Å²) in [5.41, 5.74) is 14.0. The van der Waals surface area contributed by atoms with Crippen LogP contribution in [-0.2, 0) is 0 Å². The molecule has 1 unspecified atom stereocenters. The highest BCUT2D eigenvalue weighted by Gasteiger charge is 2.14. The summed E-state index contributed by atoms with van der Waals surface area (Å²) >= 11 is 1.77. The first-order valence-electron chi connectivity index (χ1n) is 6.42. The lowest BCUT2D eigenvalue weighted by Gasteiger charge is -2.18. The van der Waals surface area contributed by atoms with Crippen molar-refractivity contribution in [3.63, 3.8) is 0 Å². The van der Waals surface area contributed by atoms with Crippen LogP contribution in [0.25, 0.3) is 0 Å². The minimum absolute atomic E-state index is 0.116. The van der Waals surface area contributed by atoms with E-state index in [0.717, 1.165) is 5.69 Å². The quantitative estimate of drug-likeness (QED) is 0.756. The Morgan fingerprint density at radius 3 is 2.60 bits per heavy atom. The van der Waals surface area contributed by atoms with Crippen molar-refractivity contribution >= 4 is 28.6 Å². The molecule has 0 aliphatic rings. The predicted molar refractivity (Wildman–Crippen MR) is 85.2 cm³/mol. The van der Waals surface area contributed by atoms with E-state index in [9.17, 15) is 4.79 Å². The first-order valence-corrected chi connectivity index (χ1v) is 7.23. The maximum Gasteiger partial charge on any atom is 0.250 e. The molecule has 0 spiro atoms. The third kappa shape index (κ3) is 2.77. The summed E-state index contributed by atoms with van der Waals surface area (Å²) < 4.78 is 0. The Bertz CT molecular complexity index is 649. The molecule has 2 aromatic rings. The van der Waals surface area contributed by atoms with Crippen molar-refractivity contribution in [3.8, 4) is 0 Å². The monoisotopic (exact) mass is 289 g/mol. The van der Waals surface area contributed by atoms with Gasteiger partial charge in [-0.25, -0.2) is 0 Å². The van der Waals surface area contributed by atoms with E-state index >= 15 is 0 Å². The van der Waals surface area contributed by atoms with Gasteiger partial charge in [-0.15, -0.1) is 11.3 Å². The lowest BCUT2D eigenvalue weighted by atomic mass is 10.1. The molecular weight excluding hydrogens is 270 g/mol. The van der Waals surface area contributed by atoms with E-state index in [1.165, 1.54) is 15.3 Å². The second-order valence-electron chi connectivity index (χ2n) is 4.87. The Morgan fingerprint density at radius 2 is 2.05 bits per heavy atom. The molecule has 0 bridgehead atoms. The van der Waals surface area contributed by atoms with Gasteiger partial charge in [0.05, 0.1) is 16.9 Å². The summed E-state index contributed by atoms with van der Waals surface area (Å²) in [6.45, 7) is 6.27. The van der Waals surface area contributed by atoms with Crippen LogP contribution in [0.3, 0.4) is 0 Å². The standard InChI is InChI=1S/C15H19N3OS/c1-8-7-12(10(3)20-8)9(2)18-13-6-4-5-11(14(13)16)15(17)19/h4-7,9,18H,16H2,1-3H3,(H2,17,19). The number of carbonyl (C=O) groups is 1. The Balaban J connectivity index is 2.28. The van der Waals surface area contributed by atoms with E-state index in [-0.39, 0.29) is 6.04 Å². The van der Waals surface area contributed by atoms with Gasteiger partial charge < -0.3 is 16.8 Å². The van der Waals surface area contributed by atoms with E-state index < -0.39 is 5.91 Å². The van der Waals surface area contributed by atoms with Crippen molar-refractivity contribution in [1.82, 2.24) is 0 Å². The highest BCUT2D eigenvalue weighted by Crippen LogP contribution is 2.31. The van der Waals surface area contributed by atoms with Crippen molar-refractivity contribution in [1.29, 1.82) is 0 Å². The van der Waals surface area contributed by atoms with Gasteiger partial charge >= 0.3 is 0 Å². The summed E-state index contributed by atoms with van der Waals surface area (Å²) in [4.78, 5) is 13.9. The average molecular weight is 289 g/mol. The zero-order valence-electron chi connectivity index (χ0n) is 11.9. The van der Waals surface area contributed by atoms with Crippen molar-refractivity contribution in [2.45, 2.75) is 26.8 Å². The molecule has 1 heterocycles. The van der Waals surface area contributed by atoms with E-state index in [1.807, 2.05) is 6.07 Å². The predicted octanol–water partition coefficient (Wildman–Crippen LogP) is 3.22. The summed E-state index contributed by atoms with van der Waals surface area (Å²) in [5.74, 6) is -0.513. The fourth-order valence-electron chi connectivity index (χ4n) is 2.30. The van der Waals surface area contributed by atoms with Crippen LogP contribution in [0, 0.1) is 13.8 Å². The molecule has 0 aliphatic heterocycles. The second-order valence-corrected chi connectivity index (χ2v) is 6.33. The number of amides is 1. The van der Waals surface area contributed by atoms with Crippen LogP contribution in [-0.4, -0.2) is 5.91 Å². The van der Waals surface area contributed by atoms with Gasteiger partial charge in [-0.2, -0.15) is 0 Å². The topological polar surface area (TPSA) is 81.1 Å². The summed E-state index contributed by atoms with van der Waals surface area (Å²) in [6, 6.07) is 7.55. The first kappa shape index (κ1) is 14.4. The number of aryl methyl sites for hydroxylation is 2. The molecule has 106 valence electrons. The van der Waals surface area contributed by atoms with Crippen LogP contribution in [0.1, 0.15) is 38.6 Å². The molecule has 0 radical (unpaired) electrons. The SMILES string of the molecule is Cc1cc(C(C)Nc2cccc(C(N)=O)c2N)c(C)s1. The van der Waals surface area contributed by atoms with Gasteiger partial charge in [0.15, 0.2) is 0 Å². The molecule has 1 aromatic carbocycles. The molecule has 0 fully saturated rings. The Labute approximate surface area is 122 Å². The first-order chi connectivity index (χ1) is 9.40. The van der Waals surface area contributed by atoms with E-state index in [4.69, 9.17) is 11.5 Å². The largest absolute Gasteiger partial charge is 0.396 e. The number of rotatable bonds is 4. The van der Waals surface area contributed by atoms with Crippen LogP contribution in [0.5, 0.6) is 0 Å². The third-order valence-electron chi connectivity index (χ3n) is 3.29. The molecule has 5 N–H and O–H groups in total. The van der Waals surface area contributed by atoms with Crippen LogP contribution >= 0.6 is 11.3 Å². The Hall–Kier alpha value is -2.01. The fraction of sp³-hybridized carbons (Fsp3) is 0.267. The average Bonchev–Trinajstić information content (AvgIpc) is 2.70. The van der Waals surface area contributed by atoms with Crippen molar-refractivity contribution in [3.05, 3.63) is 45.1 Å². The molecule has 1 aromatic heterocycles. The van der Waals surface area contributed by atoms with E-state index in [1.54, 1.807) is 23.5 Å². The second kappa shape index (κ2) is 5.54. The summed E-state index contributed by atoms with van der Waals surface area (Å²) in [5, 5.41) is 3.35. The van der Waals surface area contributed by atoms with E-state index in [2.05, 4.69) is 32.2 Å². The van der Waals surface area contributed by atoms with Crippen LogP contribution in [0.2, 0.25) is 0 Å². The van der Waals surface area contributed by atoms with Crippen LogP contribution < -0.4 is 16.8 Å². The number of anilines is 2. The van der Waals surface area contributed by atoms with Gasteiger partial charge in [0.2, 0.25) is 0 Å². The van der Waals surface area contributed by atoms with Gasteiger partial charge in [-0.3, -0.25) is 4.79 Å². The van der Waals surface area contributed by atoms with Crippen LogP contribution in [0.15, 0.2) is 24.3 Å². The molecule has 0 saturated carbocycles. The van der Waals surface area contributed by atoms with Gasteiger partial charge in [-0.05, 0) is 44.5 Å². The molecule has 5 heteroatoms. The van der Waals surface area contributed by atoms with Crippen molar-refractivity contribution in [2.24, 2.45) is 5.73 Å². The van der Waals surface area contributed by atoms with Gasteiger partial charge in [0.25, 0.3) is 5.91 Å². The molecule has 2 rings (SSSR count). The minimum Gasteiger partial charge on any atom is -0.396 e. The van der Waals surface area contributed by atoms with Crippen molar-refractivity contribution < 1.29 is 4.79 Å². The number of hydrogen-bond acceptors (Lipinski definition) is 4. The number of nitrogens with one attached hydrogen (secondary N) is 1. The summed E-state index contributed by atoms with van der Waals surface area (Å²) in [6.07, 6.45) is 0. The highest BCUT2D eigenvalue weighted by atomic mass is 32.1. The molecule has 1 amide bonds. The van der Waals surface area contributed by atoms with Gasteiger partial charge in [0, 0.05) is 15.8 Å². The number of hydrogen-bond donors (Lipinski definition) is 3. The summed E-state index contributed by atoms with van der Waals surface area (Å²) in [7, 11) is 0. The Morgan fingerprint density at radius 1 is 1.35 bits per heavy atom. The van der Waals surface area contributed by atoms with Gasteiger partial charge in [-0.1, -0.05) is 6.07 Å². The Kier molecular flexibility index (Phi) is 3.99. The highest BCUT2D eigenvalue weighted by molar-refractivity contribution is 7.12. The maximum atomic E-state index is 11.3. The number of thiophene rings is 1. The third-order valence-corrected chi connectivity index (χ3v) is 4.27. The maximum absolute atomic E-state index is 11.3. The number of benzene rings is 1. The van der Waals surface area contributed by atoms with E-state index in [0.29, 0.717) is 11.3 Å². The normalized spacial score (nSPS) is 12.2. The molecule has 1 atom stereocenters. The zero-order valence-corrected chi connectivity index (χ0v) is 12.7. The van der Waals surface area contributed by atoms with Crippen LogP contribution in [0.4, 0.5) is 11.4 Å². The smallest absolute Gasteiger partial charge is 0.250 e. The molecule has 4 nitrogen and oxygen atoms in total. The zero-order chi connectivity index (χ0) is 14.9. The lowest BCUT2D eigenvalue weighted by molar-refractivity contribution is 0.100. The number of carbonyl (C=O) groups excluding carboxylic acids is 1. The van der Waals surface area contributed by atoms with Gasteiger partial charge in [0.1, 0.15) is 0 Å². The number of nitrogens with two attached hydrogens (primary N) is 2. The van der Waals surface area contributed by atoms with Crippen molar-refractivity contribution in [2.75, 3.05) is 11.1 Å². The number of nitrogen functional groups attached to an aromatic ring is 1. The molecule has 0 aliphatic carbocycles. The molecular formula is C15H19N3OS.